The van der Waals surface area contributed by atoms with Gasteiger partial charge in [0.2, 0.25) is 0 Å². The van der Waals surface area contributed by atoms with E-state index in [1.807, 2.05) is 6.07 Å². The van der Waals surface area contributed by atoms with Gasteiger partial charge >= 0.3 is 0 Å². The Kier molecular flexibility index (Phi) is 5.40. The molecule has 0 spiro atoms. The Hall–Kier alpha value is -2.71. The van der Waals surface area contributed by atoms with Crippen molar-refractivity contribution in [3.63, 3.8) is 0 Å². The number of ether oxygens (including phenoxy) is 2. The lowest BCUT2D eigenvalue weighted by atomic mass is 10.2. The third kappa shape index (κ3) is 4.40. The van der Waals surface area contributed by atoms with Crippen molar-refractivity contribution in [3.8, 4) is 17.2 Å². The number of benzene rings is 1. The third-order valence-electron chi connectivity index (χ3n) is 5.00. The second-order valence-electron chi connectivity index (χ2n) is 7.24. The standard InChI is InChI=1S/C20H25N3O5/c1-22-6-8-23(9-7-22)12-15-3-5-18(27-15)20(25)21-11-16-13-26-17-4-2-14(24)10-19(17)28-16/h2-5,10,16,24H,6-9,11-13H2,1H3,(H,21,25)/t16-/m1/s1. The van der Waals surface area contributed by atoms with Crippen molar-refractivity contribution in [3.05, 3.63) is 41.9 Å². The van der Waals surface area contributed by atoms with Crippen molar-refractivity contribution in [2.24, 2.45) is 0 Å². The molecule has 1 saturated heterocycles. The minimum Gasteiger partial charge on any atom is -0.508 e. The largest absolute Gasteiger partial charge is 0.508 e. The van der Waals surface area contributed by atoms with E-state index in [-0.39, 0.29) is 24.3 Å². The van der Waals surface area contributed by atoms with Crippen LogP contribution in [0.15, 0.2) is 34.7 Å². The van der Waals surface area contributed by atoms with E-state index < -0.39 is 0 Å². The lowest BCUT2D eigenvalue weighted by Gasteiger charge is -2.31. The molecule has 1 atom stereocenters. The van der Waals surface area contributed by atoms with E-state index in [2.05, 4.69) is 22.2 Å². The first-order valence-corrected chi connectivity index (χ1v) is 9.47. The summed E-state index contributed by atoms with van der Waals surface area (Å²) in [6.45, 7) is 5.38. The summed E-state index contributed by atoms with van der Waals surface area (Å²) in [7, 11) is 2.12. The molecular formula is C20H25N3O5. The highest BCUT2D eigenvalue weighted by Gasteiger charge is 2.23. The van der Waals surface area contributed by atoms with Crippen molar-refractivity contribution in [1.29, 1.82) is 0 Å². The van der Waals surface area contributed by atoms with E-state index in [1.54, 1.807) is 18.2 Å². The van der Waals surface area contributed by atoms with Crippen LogP contribution in [0.4, 0.5) is 0 Å². The van der Waals surface area contributed by atoms with Crippen LogP contribution < -0.4 is 14.8 Å². The Bertz CT molecular complexity index is 829. The summed E-state index contributed by atoms with van der Waals surface area (Å²) in [5.41, 5.74) is 0. The number of aromatic hydroxyl groups is 1. The number of likely N-dealkylation sites (N-methyl/N-ethyl adjacent to an activating group) is 1. The van der Waals surface area contributed by atoms with Gasteiger partial charge < -0.3 is 29.2 Å². The van der Waals surface area contributed by atoms with Crippen LogP contribution in [0.5, 0.6) is 17.2 Å². The Morgan fingerprint density at radius 1 is 1.18 bits per heavy atom. The van der Waals surface area contributed by atoms with Crippen LogP contribution in [0.2, 0.25) is 0 Å². The summed E-state index contributed by atoms with van der Waals surface area (Å²) in [5, 5.41) is 12.4. The monoisotopic (exact) mass is 387 g/mol. The molecule has 8 heteroatoms. The van der Waals surface area contributed by atoms with Crippen LogP contribution in [0.25, 0.3) is 0 Å². The maximum absolute atomic E-state index is 12.4. The normalized spacial score (nSPS) is 20.1. The number of nitrogens with zero attached hydrogens (tertiary/aromatic N) is 2. The number of carbonyl (C=O) groups excluding carboxylic acids is 1. The van der Waals surface area contributed by atoms with E-state index >= 15 is 0 Å². The lowest BCUT2D eigenvalue weighted by molar-refractivity contribution is 0.0768. The third-order valence-corrected chi connectivity index (χ3v) is 5.00. The predicted molar refractivity (Wildman–Crippen MR) is 102 cm³/mol. The summed E-state index contributed by atoms with van der Waals surface area (Å²) >= 11 is 0. The second kappa shape index (κ2) is 8.12. The van der Waals surface area contributed by atoms with Gasteiger partial charge in [-0.2, -0.15) is 0 Å². The quantitative estimate of drug-likeness (QED) is 0.800. The van der Waals surface area contributed by atoms with Gasteiger partial charge in [0.05, 0.1) is 13.1 Å². The molecule has 4 rings (SSSR count). The van der Waals surface area contributed by atoms with Gasteiger partial charge in [-0.3, -0.25) is 9.69 Å². The predicted octanol–water partition coefficient (Wildman–Crippen LogP) is 1.30. The zero-order chi connectivity index (χ0) is 19.5. The number of phenolic OH excluding ortho intramolecular Hbond substituents is 1. The molecule has 1 aromatic carbocycles. The molecule has 0 aliphatic carbocycles. The molecule has 3 heterocycles. The van der Waals surface area contributed by atoms with Crippen LogP contribution in [-0.4, -0.2) is 73.3 Å². The highest BCUT2D eigenvalue weighted by atomic mass is 16.6. The molecule has 8 nitrogen and oxygen atoms in total. The van der Waals surface area contributed by atoms with Crippen molar-refractivity contribution < 1.29 is 23.8 Å². The highest BCUT2D eigenvalue weighted by molar-refractivity contribution is 5.91. The fourth-order valence-corrected chi connectivity index (χ4v) is 3.31. The molecule has 1 fully saturated rings. The van der Waals surface area contributed by atoms with E-state index in [4.69, 9.17) is 13.9 Å². The van der Waals surface area contributed by atoms with Crippen molar-refractivity contribution >= 4 is 5.91 Å². The average Bonchev–Trinajstić information content (AvgIpc) is 3.16. The van der Waals surface area contributed by atoms with Gasteiger partial charge in [0.25, 0.3) is 5.91 Å². The van der Waals surface area contributed by atoms with Crippen LogP contribution in [0.3, 0.4) is 0 Å². The highest BCUT2D eigenvalue weighted by Crippen LogP contribution is 2.34. The van der Waals surface area contributed by atoms with E-state index in [0.717, 1.165) is 31.9 Å². The molecule has 0 bridgehead atoms. The first-order valence-electron chi connectivity index (χ1n) is 9.47. The lowest BCUT2D eigenvalue weighted by Crippen LogP contribution is -2.43. The number of hydrogen-bond acceptors (Lipinski definition) is 7. The van der Waals surface area contributed by atoms with Gasteiger partial charge in [-0.25, -0.2) is 0 Å². The number of carbonyl (C=O) groups is 1. The van der Waals surface area contributed by atoms with Crippen molar-refractivity contribution in [1.82, 2.24) is 15.1 Å². The molecule has 150 valence electrons. The number of rotatable bonds is 5. The molecule has 1 aromatic heterocycles. The SMILES string of the molecule is CN1CCN(Cc2ccc(C(=O)NC[C@@H]3COc4ccc(O)cc4O3)o2)CC1. The zero-order valence-electron chi connectivity index (χ0n) is 15.9. The van der Waals surface area contributed by atoms with Gasteiger partial charge in [0.15, 0.2) is 17.3 Å². The number of phenols is 1. The summed E-state index contributed by atoms with van der Waals surface area (Å²) in [5.74, 6) is 1.96. The Morgan fingerprint density at radius 2 is 2.00 bits per heavy atom. The van der Waals surface area contributed by atoms with Gasteiger partial charge in [-0.1, -0.05) is 0 Å². The zero-order valence-corrected chi connectivity index (χ0v) is 15.9. The number of fused-ring (bicyclic) bond motifs is 1. The van der Waals surface area contributed by atoms with Crippen molar-refractivity contribution in [2.75, 3.05) is 46.4 Å². The van der Waals surface area contributed by atoms with Crippen LogP contribution in [-0.2, 0) is 6.54 Å². The molecule has 2 aliphatic rings. The molecule has 2 aliphatic heterocycles. The maximum Gasteiger partial charge on any atom is 0.287 e. The van der Waals surface area contributed by atoms with Gasteiger partial charge in [0.1, 0.15) is 24.2 Å². The van der Waals surface area contributed by atoms with Crippen molar-refractivity contribution in [2.45, 2.75) is 12.6 Å². The number of furan rings is 1. The van der Waals surface area contributed by atoms with Crippen LogP contribution in [0.1, 0.15) is 16.3 Å². The summed E-state index contributed by atoms with van der Waals surface area (Å²) in [6.07, 6.45) is -0.335. The smallest absolute Gasteiger partial charge is 0.287 e. The molecular weight excluding hydrogens is 362 g/mol. The molecule has 1 amide bonds. The van der Waals surface area contributed by atoms with Gasteiger partial charge in [0, 0.05) is 32.2 Å². The Balaban J connectivity index is 1.27. The Labute approximate surface area is 163 Å². The molecule has 0 radical (unpaired) electrons. The number of amides is 1. The minimum atomic E-state index is -0.335. The molecule has 28 heavy (non-hydrogen) atoms. The first-order chi connectivity index (χ1) is 13.6. The summed E-state index contributed by atoms with van der Waals surface area (Å²) in [4.78, 5) is 17.0. The number of piperazine rings is 1. The van der Waals surface area contributed by atoms with Crippen LogP contribution >= 0.6 is 0 Å². The van der Waals surface area contributed by atoms with E-state index in [1.165, 1.54) is 6.07 Å². The average molecular weight is 387 g/mol. The molecule has 0 unspecified atom stereocenters. The maximum atomic E-state index is 12.4. The first kappa shape index (κ1) is 18.6. The van der Waals surface area contributed by atoms with E-state index in [9.17, 15) is 9.90 Å². The van der Waals surface area contributed by atoms with Gasteiger partial charge in [-0.15, -0.1) is 0 Å². The molecule has 0 saturated carbocycles. The molecule has 2 aromatic rings. The Morgan fingerprint density at radius 3 is 2.82 bits per heavy atom. The topological polar surface area (TPSA) is 87.4 Å². The van der Waals surface area contributed by atoms with Gasteiger partial charge in [-0.05, 0) is 31.3 Å². The van der Waals surface area contributed by atoms with E-state index in [0.29, 0.717) is 30.4 Å². The fraction of sp³-hybridized carbons (Fsp3) is 0.450. The summed E-state index contributed by atoms with van der Waals surface area (Å²) < 4.78 is 17.1. The fourth-order valence-electron chi connectivity index (χ4n) is 3.31. The summed E-state index contributed by atoms with van der Waals surface area (Å²) in [6, 6.07) is 8.25. The van der Waals surface area contributed by atoms with Crippen LogP contribution in [0, 0.1) is 0 Å². The minimum absolute atomic E-state index is 0.107. The number of nitrogens with one attached hydrogen (secondary N) is 1. The molecule has 2 N–H and O–H groups in total. The second-order valence-corrected chi connectivity index (χ2v) is 7.24. The number of hydrogen-bond donors (Lipinski definition) is 2.